The van der Waals surface area contributed by atoms with Crippen molar-refractivity contribution in [2.45, 2.75) is 57.7 Å². The molecule has 0 aliphatic heterocycles. The van der Waals surface area contributed by atoms with Crippen LogP contribution in [0.1, 0.15) is 38.8 Å². The Morgan fingerprint density at radius 1 is 1.00 bits per heavy atom. The fourth-order valence-corrected chi connectivity index (χ4v) is 3.10. The largest absolute Gasteiger partial charge is 0.480 e. The molecule has 5 amide bonds. The number of aliphatic carboxylic acids is 1. The third-order valence-corrected chi connectivity index (χ3v) is 4.84. The molecule has 0 radical (unpaired) electrons. The molecular weight excluding hydrogens is 476 g/mol. The van der Waals surface area contributed by atoms with Gasteiger partial charge in [0.2, 0.25) is 29.5 Å². The number of nitrogens with two attached hydrogens (primary N) is 2. The zero-order chi connectivity index (χ0) is 27.3. The van der Waals surface area contributed by atoms with E-state index in [1.165, 1.54) is 12.5 Å². The topological polar surface area (TPSA) is 251 Å². The number of H-pyrrole nitrogens is 1. The highest BCUT2D eigenvalue weighted by atomic mass is 16.4. The van der Waals surface area contributed by atoms with Crippen molar-refractivity contribution < 1.29 is 33.9 Å². The Bertz CT molecular complexity index is 919. The average Bonchev–Trinajstić information content (AvgIpc) is 3.30. The number of primary amides is 1. The van der Waals surface area contributed by atoms with Gasteiger partial charge in [0, 0.05) is 24.7 Å². The van der Waals surface area contributed by atoms with E-state index in [2.05, 4.69) is 31.2 Å². The molecule has 1 heterocycles. The van der Waals surface area contributed by atoms with E-state index >= 15 is 0 Å². The van der Waals surface area contributed by atoms with Crippen LogP contribution in [0.25, 0.3) is 0 Å². The molecule has 0 unspecified atom stereocenters. The molecule has 1 aromatic heterocycles. The van der Waals surface area contributed by atoms with Gasteiger partial charge in [-0.15, -0.1) is 0 Å². The second-order valence-electron chi connectivity index (χ2n) is 8.53. The standard InChI is InChI=1S/C21H34N8O7/c1-11(2)5-13(22)19(34)25-8-17(31)28-14(3-4-16(23)30)21(36)29-15(6-12-7-24-10-27-12)20(35)26-9-18(32)33/h7,10-11,13-15H,3-6,8-9,22H2,1-2H3,(H2,23,30)(H,24,27)(H,25,34)(H,26,35)(H,28,31)(H,29,36)(H,32,33)/t13-,14-,15-/m0/s1. The van der Waals surface area contributed by atoms with E-state index in [9.17, 15) is 28.8 Å². The normalized spacial score (nSPS) is 13.2. The molecule has 0 saturated heterocycles. The van der Waals surface area contributed by atoms with Gasteiger partial charge in [0.1, 0.15) is 18.6 Å². The number of hydrogen-bond donors (Lipinski definition) is 8. The second-order valence-corrected chi connectivity index (χ2v) is 8.53. The van der Waals surface area contributed by atoms with Crippen molar-refractivity contribution in [3.63, 3.8) is 0 Å². The maximum Gasteiger partial charge on any atom is 0.322 e. The average molecular weight is 511 g/mol. The van der Waals surface area contributed by atoms with Gasteiger partial charge in [-0.05, 0) is 18.8 Å². The molecule has 0 aliphatic carbocycles. The van der Waals surface area contributed by atoms with Gasteiger partial charge in [0.25, 0.3) is 0 Å². The third kappa shape index (κ3) is 11.9. The summed E-state index contributed by atoms with van der Waals surface area (Å²) in [7, 11) is 0. The van der Waals surface area contributed by atoms with E-state index in [1.807, 2.05) is 13.8 Å². The minimum atomic E-state index is -1.28. The number of hydrogen-bond acceptors (Lipinski definition) is 8. The van der Waals surface area contributed by atoms with Crippen LogP contribution in [0.3, 0.4) is 0 Å². The highest BCUT2D eigenvalue weighted by Crippen LogP contribution is 2.04. The number of rotatable bonds is 16. The molecule has 0 aliphatic rings. The van der Waals surface area contributed by atoms with Crippen LogP contribution in [0.4, 0.5) is 0 Å². The Hall–Kier alpha value is -4.01. The Balaban J connectivity index is 2.86. The van der Waals surface area contributed by atoms with E-state index in [-0.39, 0.29) is 25.2 Å². The van der Waals surface area contributed by atoms with E-state index in [0.717, 1.165) is 0 Å². The molecule has 200 valence electrons. The molecule has 0 bridgehead atoms. The van der Waals surface area contributed by atoms with Crippen molar-refractivity contribution in [1.82, 2.24) is 31.2 Å². The van der Waals surface area contributed by atoms with Gasteiger partial charge < -0.3 is 42.8 Å². The van der Waals surface area contributed by atoms with Crippen molar-refractivity contribution >= 4 is 35.5 Å². The maximum absolute atomic E-state index is 12.9. The van der Waals surface area contributed by atoms with Crippen molar-refractivity contribution in [3.05, 3.63) is 18.2 Å². The monoisotopic (exact) mass is 510 g/mol. The minimum Gasteiger partial charge on any atom is -0.480 e. The number of carbonyl (C=O) groups is 6. The number of imidazole rings is 1. The van der Waals surface area contributed by atoms with Crippen LogP contribution in [0, 0.1) is 5.92 Å². The summed E-state index contributed by atoms with van der Waals surface area (Å²) in [6.45, 7) is 2.64. The first-order chi connectivity index (χ1) is 16.9. The van der Waals surface area contributed by atoms with Gasteiger partial charge in [-0.2, -0.15) is 0 Å². The first-order valence-corrected chi connectivity index (χ1v) is 11.3. The molecule has 15 nitrogen and oxygen atoms in total. The van der Waals surface area contributed by atoms with Crippen molar-refractivity contribution in [2.75, 3.05) is 13.1 Å². The van der Waals surface area contributed by atoms with E-state index < -0.39 is 66.7 Å². The van der Waals surface area contributed by atoms with Crippen LogP contribution >= 0.6 is 0 Å². The van der Waals surface area contributed by atoms with Crippen LogP contribution in [-0.2, 0) is 35.2 Å². The molecule has 36 heavy (non-hydrogen) atoms. The van der Waals surface area contributed by atoms with Crippen molar-refractivity contribution in [3.8, 4) is 0 Å². The van der Waals surface area contributed by atoms with Crippen LogP contribution in [-0.4, -0.2) is 81.8 Å². The van der Waals surface area contributed by atoms with Gasteiger partial charge >= 0.3 is 5.97 Å². The molecule has 1 aromatic rings. The van der Waals surface area contributed by atoms with Crippen LogP contribution in [0.15, 0.2) is 12.5 Å². The third-order valence-electron chi connectivity index (χ3n) is 4.84. The molecule has 0 fully saturated rings. The molecule has 1 rings (SSSR count). The summed E-state index contributed by atoms with van der Waals surface area (Å²) < 4.78 is 0. The number of carboxylic acid groups (broad SMARTS) is 1. The lowest BCUT2D eigenvalue weighted by Crippen LogP contribution is -2.56. The number of aromatic nitrogens is 2. The van der Waals surface area contributed by atoms with Gasteiger partial charge in [0.15, 0.2) is 0 Å². The Labute approximate surface area is 207 Å². The molecule has 3 atom stereocenters. The predicted molar refractivity (Wildman–Crippen MR) is 126 cm³/mol. The summed E-state index contributed by atoms with van der Waals surface area (Å²) in [5.41, 5.74) is 11.4. The SMILES string of the molecule is CC(C)C[C@H](N)C(=O)NCC(=O)N[C@@H](CCC(N)=O)C(=O)N[C@@H](Cc1cnc[nH]1)C(=O)NCC(=O)O. The first kappa shape index (κ1) is 30.0. The molecular formula is C21H34N8O7. The fraction of sp³-hybridized carbons (Fsp3) is 0.571. The lowest BCUT2D eigenvalue weighted by Gasteiger charge is -2.23. The highest BCUT2D eigenvalue weighted by molar-refractivity contribution is 5.94. The number of nitrogens with one attached hydrogen (secondary N) is 5. The molecule has 0 spiro atoms. The predicted octanol–water partition coefficient (Wildman–Crippen LogP) is -3.12. The molecule has 0 aromatic carbocycles. The Morgan fingerprint density at radius 3 is 2.22 bits per heavy atom. The lowest BCUT2D eigenvalue weighted by atomic mass is 10.0. The first-order valence-electron chi connectivity index (χ1n) is 11.3. The number of aromatic amines is 1. The molecule has 15 heteroatoms. The lowest BCUT2D eigenvalue weighted by molar-refractivity contribution is -0.138. The Kier molecular flexibility index (Phi) is 12.6. The number of nitrogens with zero attached hydrogens (tertiary/aromatic N) is 1. The van der Waals surface area contributed by atoms with Crippen LogP contribution in [0.5, 0.6) is 0 Å². The smallest absolute Gasteiger partial charge is 0.322 e. The van der Waals surface area contributed by atoms with Crippen molar-refractivity contribution in [2.24, 2.45) is 17.4 Å². The summed E-state index contributed by atoms with van der Waals surface area (Å²) in [4.78, 5) is 78.5. The zero-order valence-corrected chi connectivity index (χ0v) is 20.2. The van der Waals surface area contributed by atoms with Gasteiger partial charge in [-0.25, -0.2) is 4.98 Å². The summed E-state index contributed by atoms with van der Waals surface area (Å²) in [5, 5.41) is 18.2. The van der Waals surface area contributed by atoms with E-state index in [0.29, 0.717) is 12.1 Å². The van der Waals surface area contributed by atoms with E-state index in [4.69, 9.17) is 16.6 Å². The van der Waals surface area contributed by atoms with Crippen molar-refractivity contribution in [1.29, 1.82) is 0 Å². The van der Waals surface area contributed by atoms with Gasteiger partial charge in [0.05, 0.1) is 18.9 Å². The minimum absolute atomic E-state index is 0.0581. The van der Waals surface area contributed by atoms with Crippen LogP contribution in [0.2, 0.25) is 0 Å². The number of carbonyl (C=O) groups excluding carboxylic acids is 5. The maximum atomic E-state index is 12.9. The molecule has 10 N–H and O–H groups in total. The Morgan fingerprint density at radius 2 is 1.67 bits per heavy atom. The van der Waals surface area contributed by atoms with E-state index in [1.54, 1.807) is 0 Å². The number of carboxylic acids is 1. The number of amides is 5. The molecule has 0 saturated carbocycles. The van der Waals surface area contributed by atoms with Gasteiger partial charge in [-0.1, -0.05) is 13.8 Å². The quantitative estimate of drug-likeness (QED) is 0.112. The highest BCUT2D eigenvalue weighted by Gasteiger charge is 2.28. The summed E-state index contributed by atoms with van der Waals surface area (Å²) in [6, 6.07) is -3.30. The summed E-state index contributed by atoms with van der Waals surface area (Å²) in [6.07, 6.45) is 2.71. The summed E-state index contributed by atoms with van der Waals surface area (Å²) >= 11 is 0. The van der Waals surface area contributed by atoms with Crippen LogP contribution < -0.4 is 32.7 Å². The second kappa shape index (κ2) is 15.1. The fourth-order valence-electron chi connectivity index (χ4n) is 3.10. The van der Waals surface area contributed by atoms with Gasteiger partial charge in [-0.3, -0.25) is 28.8 Å². The summed E-state index contributed by atoms with van der Waals surface area (Å²) in [5.74, 6) is -4.70. The zero-order valence-electron chi connectivity index (χ0n) is 20.2.